The van der Waals surface area contributed by atoms with Crippen LogP contribution in [0.4, 0.5) is 11.8 Å². The number of aromatic nitrogens is 2. The molecule has 0 unspecified atom stereocenters. The zero-order valence-corrected chi connectivity index (χ0v) is 22.4. The Hall–Kier alpha value is -1.84. The van der Waals surface area contributed by atoms with Crippen molar-refractivity contribution in [1.82, 2.24) is 14.9 Å². The topological polar surface area (TPSA) is 108 Å². The molecule has 36 heavy (non-hydrogen) atoms. The maximum atomic E-state index is 11.2. The Morgan fingerprint density at radius 1 is 1.25 bits per heavy atom. The average Bonchev–Trinajstić information content (AvgIpc) is 2.73. The third kappa shape index (κ3) is 5.11. The second-order valence-electron chi connectivity index (χ2n) is 10.5. The lowest BCUT2D eigenvalue weighted by molar-refractivity contribution is -0.147. The molecule has 1 aromatic heterocycles. The Morgan fingerprint density at radius 3 is 2.69 bits per heavy atom. The van der Waals surface area contributed by atoms with Gasteiger partial charge in [0.15, 0.2) is 5.82 Å². The lowest BCUT2D eigenvalue weighted by atomic mass is 9.72. The monoisotopic (exact) mass is 552 g/mol. The van der Waals surface area contributed by atoms with Crippen molar-refractivity contribution in [2.45, 2.75) is 50.2 Å². The summed E-state index contributed by atoms with van der Waals surface area (Å²) in [7, 11) is 0. The van der Waals surface area contributed by atoms with E-state index in [0.29, 0.717) is 38.8 Å². The van der Waals surface area contributed by atoms with Gasteiger partial charge in [0.1, 0.15) is 5.02 Å². The molecule has 8 nitrogen and oxygen atoms in total. The number of anilines is 2. The number of aliphatic carboxylic acids is 1. The molecule has 2 saturated heterocycles. The van der Waals surface area contributed by atoms with Crippen molar-refractivity contribution in [2.75, 3.05) is 36.4 Å². The highest BCUT2D eigenvalue weighted by atomic mass is 35.5. The van der Waals surface area contributed by atoms with Gasteiger partial charge in [-0.1, -0.05) is 40.9 Å². The van der Waals surface area contributed by atoms with Crippen LogP contribution in [-0.2, 0) is 4.79 Å². The predicted octanol–water partition coefficient (Wildman–Crippen LogP) is 4.70. The molecule has 1 aromatic carbocycles. The van der Waals surface area contributed by atoms with Crippen LogP contribution in [0.25, 0.3) is 0 Å². The Balaban J connectivity index is 1.20. The molecule has 11 heteroatoms. The summed E-state index contributed by atoms with van der Waals surface area (Å²) in [5, 5.41) is 14.1. The number of halogens is 3. The highest BCUT2D eigenvalue weighted by Crippen LogP contribution is 2.39. The Morgan fingerprint density at radius 2 is 2.00 bits per heavy atom. The Bertz CT molecular complexity index is 1140. The van der Waals surface area contributed by atoms with Crippen LogP contribution in [0.15, 0.2) is 24.4 Å². The fourth-order valence-corrected chi connectivity index (χ4v) is 6.35. The molecule has 0 amide bonds. The molecule has 3 aliphatic rings. The quantitative estimate of drug-likeness (QED) is 0.453. The minimum atomic E-state index is -0.681. The molecule has 194 valence electrons. The summed E-state index contributed by atoms with van der Waals surface area (Å²) >= 11 is 18.8. The van der Waals surface area contributed by atoms with Gasteiger partial charge < -0.3 is 21.1 Å². The summed E-state index contributed by atoms with van der Waals surface area (Å²) in [5.41, 5.74) is 7.55. The first-order chi connectivity index (χ1) is 17.1. The number of likely N-dealkylation sites (tertiary alicyclic amines) is 1. The SMILES string of the molecule is C[C@@H](Nc1nc(N2CC([C@@]3(N)CCCN(C4CC(C(=O)O)C4)C3)C2)ncc1Cl)c1ccc(Cl)cc1Cl. The molecule has 3 fully saturated rings. The van der Waals surface area contributed by atoms with Gasteiger partial charge in [-0.25, -0.2) is 4.98 Å². The average molecular weight is 554 g/mol. The van der Waals surface area contributed by atoms with Crippen molar-refractivity contribution in [3.05, 3.63) is 45.0 Å². The second-order valence-corrected chi connectivity index (χ2v) is 11.7. The zero-order chi connectivity index (χ0) is 25.6. The summed E-state index contributed by atoms with van der Waals surface area (Å²) in [6.07, 6.45) is 5.10. The summed E-state index contributed by atoms with van der Waals surface area (Å²) in [4.78, 5) is 24.9. The number of rotatable bonds is 7. The number of benzene rings is 1. The smallest absolute Gasteiger partial charge is 0.306 e. The molecule has 5 rings (SSSR count). The van der Waals surface area contributed by atoms with Crippen LogP contribution in [0.3, 0.4) is 0 Å². The van der Waals surface area contributed by atoms with Crippen LogP contribution >= 0.6 is 34.8 Å². The number of nitrogens with two attached hydrogens (primary N) is 1. The molecule has 1 saturated carbocycles. The number of hydrogen-bond donors (Lipinski definition) is 3. The third-order valence-corrected chi connectivity index (χ3v) is 8.89. The molecular formula is C25H31Cl3N6O2. The Labute approximate surface area is 226 Å². The predicted molar refractivity (Wildman–Crippen MR) is 143 cm³/mol. The van der Waals surface area contributed by atoms with Crippen LogP contribution in [0.2, 0.25) is 15.1 Å². The normalized spacial score (nSPS) is 27.8. The van der Waals surface area contributed by atoms with E-state index in [1.54, 1.807) is 18.3 Å². The van der Waals surface area contributed by atoms with Crippen molar-refractivity contribution < 1.29 is 9.90 Å². The number of carboxylic acid groups (broad SMARTS) is 1. The highest BCUT2D eigenvalue weighted by molar-refractivity contribution is 6.35. The van der Waals surface area contributed by atoms with Crippen LogP contribution < -0.4 is 16.0 Å². The van der Waals surface area contributed by atoms with Crippen LogP contribution in [0.1, 0.15) is 44.2 Å². The lowest BCUT2D eigenvalue weighted by Gasteiger charge is -2.55. The molecule has 0 bridgehead atoms. The van der Waals surface area contributed by atoms with Gasteiger partial charge in [0.25, 0.3) is 0 Å². The maximum absolute atomic E-state index is 11.2. The van der Waals surface area contributed by atoms with Gasteiger partial charge in [0.05, 0.1) is 18.2 Å². The molecule has 1 aliphatic carbocycles. The van der Waals surface area contributed by atoms with Crippen molar-refractivity contribution in [2.24, 2.45) is 17.6 Å². The first-order valence-electron chi connectivity index (χ1n) is 12.4. The van der Waals surface area contributed by atoms with E-state index in [2.05, 4.69) is 20.1 Å². The van der Waals surface area contributed by atoms with Gasteiger partial charge in [0.2, 0.25) is 5.95 Å². The largest absolute Gasteiger partial charge is 0.481 e. The van der Waals surface area contributed by atoms with E-state index in [0.717, 1.165) is 57.4 Å². The molecule has 0 radical (unpaired) electrons. The molecule has 2 aromatic rings. The first-order valence-corrected chi connectivity index (χ1v) is 13.5. The van der Waals surface area contributed by atoms with E-state index in [4.69, 9.17) is 45.5 Å². The van der Waals surface area contributed by atoms with Crippen molar-refractivity contribution in [3.8, 4) is 0 Å². The maximum Gasteiger partial charge on any atom is 0.306 e. The van der Waals surface area contributed by atoms with E-state index in [1.807, 2.05) is 13.0 Å². The zero-order valence-electron chi connectivity index (χ0n) is 20.1. The van der Waals surface area contributed by atoms with Gasteiger partial charge in [-0.15, -0.1) is 0 Å². The van der Waals surface area contributed by atoms with Gasteiger partial charge in [0, 0.05) is 47.2 Å². The standard InChI is InChI=1S/C25H31Cl3N6O2/c1-14(19-4-3-17(26)9-20(19)27)31-22-21(28)10-30-24(32-22)34-11-16(12-34)25(29)5-2-6-33(13-25)18-7-15(8-18)23(35)36/h3-4,9-10,14-16,18H,2,5-8,11-13,29H2,1H3,(H,35,36)(H,30,31,32)/t14-,15?,18?,25-/m1/s1. The molecule has 3 heterocycles. The summed E-state index contributed by atoms with van der Waals surface area (Å²) in [6, 6.07) is 5.62. The minimum absolute atomic E-state index is 0.132. The lowest BCUT2D eigenvalue weighted by Crippen LogP contribution is -2.69. The highest BCUT2D eigenvalue weighted by Gasteiger charge is 2.48. The number of piperidine rings is 1. The van der Waals surface area contributed by atoms with E-state index >= 15 is 0 Å². The number of nitrogens with one attached hydrogen (secondary N) is 1. The van der Waals surface area contributed by atoms with E-state index in [1.165, 1.54) is 0 Å². The van der Waals surface area contributed by atoms with Gasteiger partial charge in [-0.2, -0.15) is 4.98 Å². The van der Waals surface area contributed by atoms with Crippen molar-refractivity contribution in [1.29, 1.82) is 0 Å². The second kappa shape index (κ2) is 10.1. The summed E-state index contributed by atoms with van der Waals surface area (Å²) in [5.74, 6) is 0.615. The summed E-state index contributed by atoms with van der Waals surface area (Å²) < 4.78 is 0. The fourth-order valence-electron chi connectivity index (χ4n) is 5.63. The van der Waals surface area contributed by atoms with Gasteiger partial charge in [-0.05, 0) is 56.8 Å². The van der Waals surface area contributed by atoms with Crippen LogP contribution in [-0.4, -0.2) is 63.7 Å². The molecule has 2 atom stereocenters. The number of hydrogen-bond acceptors (Lipinski definition) is 7. The first kappa shape index (κ1) is 25.8. The number of carboxylic acids is 1. The fraction of sp³-hybridized carbons (Fsp3) is 0.560. The van der Waals surface area contributed by atoms with E-state index in [-0.39, 0.29) is 17.5 Å². The molecular weight excluding hydrogens is 523 g/mol. The third-order valence-electron chi connectivity index (χ3n) is 8.05. The van der Waals surface area contributed by atoms with Gasteiger partial charge in [-0.3, -0.25) is 9.69 Å². The van der Waals surface area contributed by atoms with Gasteiger partial charge >= 0.3 is 5.97 Å². The molecule has 0 spiro atoms. The van der Waals surface area contributed by atoms with Crippen LogP contribution in [0.5, 0.6) is 0 Å². The van der Waals surface area contributed by atoms with Crippen LogP contribution in [0, 0.1) is 11.8 Å². The molecule has 2 aliphatic heterocycles. The molecule has 4 N–H and O–H groups in total. The number of nitrogens with zero attached hydrogens (tertiary/aromatic N) is 4. The minimum Gasteiger partial charge on any atom is -0.481 e. The van der Waals surface area contributed by atoms with Crippen molar-refractivity contribution >= 4 is 52.5 Å². The number of carbonyl (C=O) groups is 1. The summed E-state index contributed by atoms with van der Waals surface area (Å²) in [6.45, 7) is 5.37. The van der Waals surface area contributed by atoms with Crippen molar-refractivity contribution in [3.63, 3.8) is 0 Å². The van der Waals surface area contributed by atoms with E-state index < -0.39 is 5.97 Å². The van der Waals surface area contributed by atoms with E-state index in [9.17, 15) is 9.90 Å². The Kier molecular flexibility index (Phi) is 7.26.